The topological polar surface area (TPSA) is 41.1 Å². The molecule has 1 heterocycles. The average Bonchev–Trinajstić information content (AvgIpc) is 3.00. The maximum Gasteiger partial charge on any atom is 0.142 e. The molecule has 0 fully saturated rings. The van der Waals surface area contributed by atoms with Gasteiger partial charge in [0, 0.05) is 24.8 Å². The Kier molecular flexibility index (Phi) is 4.51. The first-order valence-corrected chi connectivity index (χ1v) is 8.23. The van der Waals surface area contributed by atoms with Crippen molar-refractivity contribution in [2.24, 2.45) is 0 Å². The number of nitrogens with one attached hydrogen (secondary N) is 1. The van der Waals surface area contributed by atoms with Gasteiger partial charge in [-0.15, -0.1) is 0 Å². The fraction of sp³-hybridized carbons (Fsp3) is 0.316. The van der Waals surface area contributed by atoms with Crippen molar-refractivity contribution in [3.8, 4) is 17.1 Å². The highest BCUT2D eigenvalue weighted by molar-refractivity contribution is 5.81. The molecule has 23 heavy (non-hydrogen) atoms. The molecule has 0 amide bonds. The predicted octanol–water partition coefficient (Wildman–Crippen LogP) is 4.47. The molecule has 0 radical (unpaired) electrons. The molecule has 0 aliphatic rings. The normalized spacial score (nSPS) is 10.9. The van der Waals surface area contributed by atoms with E-state index in [1.807, 2.05) is 31.2 Å². The number of hydrogen-bond donors (Lipinski definition) is 1. The Morgan fingerprint density at radius 1 is 1.04 bits per heavy atom. The first-order chi connectivity index (χ1) is 11.3. The van der Waals surface area contributed by atoms with E-state index in [-0.39, 0.29) is 0 Å². The molecule has 1 N–H and O–H groups in total. The lowest BCUT2D eigenvalue weighted by atomic mass is 10.1. The van der Waals surface area contributed by atoms with Crippen LogP contribution in [0.25, 0.3) is 22.4 Å². The van der Waals surface area contributed by atoms with Crippen molar-refractivity contribution in [2.75, 3.05) is 24.6 Å². The number of imidazole rings is 1. The second-order valence-electron chi connectivity index (χ2n) is 5.39. The Bertz CT molecular complexity index is 757. The van der Waals surface area contributed by atoms with Crippen molar-refractivity contribution in [1.82, 2.24) is 9.97 Å². The van der Waals surface area contributed by atoms with Crippen LogP contribution in [0.15, 0.2) is 42.5 Å². The van der Waals surface area contributed by atoms with Gasteiger partial charge in [-0.1, -0.05) is 12.1 Å². The molecule has 2 aromatic carbocycles. The van der Waals surface area contributed by atoms with Gasteiger partial charge >= 0.3 is 0 Å². The van der Waals surface area contributed by atoms with Gasteiger partial charge in [0.25, 0.3) is 0 Å². The van der Waals surface area contributed by atoms with Gasteiger partial charge in [-0.05, 0) is 45.0 Å². The van der Waals surface area contributed by atoms with Crippen molar-refractivity contribution < 1.29 is 4.74 Å². The highest BCUT2D eigenvalue weighted by atomic mass is 16.5. The zero-order valence-electron chi connectivity index (χ0n) is 14.0. The number of aromatic nitrogens is 2. The minimum atomic E-state index is 0.634. The van der Waals surface area contributed by atoms with E-state index in [0.29, 0.717) is 6.61 Å². The van der Waals surface area contributed by atoms with E-state index in [4.69, 9.17) is 9.72 Å². The number of H-pyrrole nitrogens is 1. The zero-order chi connectivity index (χ0) is 16.2. The summed E-state index contributed by atoms with van der Waals surface area (Å²) in [4.78, 5) is 10.4. The molecule has 0 saturated carbocycles. The van der Waals surface area contributed by atoms with E-state index in [2.05, 4.69) is 41.9 Å². The van der Waals surface area contributed by atoms with Crippen LogP contribution in [0.2, 0.25) is 0 Å². The lowest BCUT2D eigenvalue weighted by Crippen LogP contribution is -2.21. The lowest BCUT2D eigenvalue weighted by Gasteiger charge is -2.22. The first-order valence-electron chi connectivity index (χ1n) is 8.23. The van der Waals surface area contributed by atoms with Crippen LogP contribution in [0, 0.1) is 0 Å². The van der Waals surface area contributed by atoms with E-state index < -0.39 is 0 Å². The predicted molar refractivity (Wildman–Crippen MR) is 96.3 cm³/mol. The molecular formula is C19H23N3O. The van der Waals surface area contributed by atoms with Gasteiger partial charge in [0.2, 0.25) is 0 Å². The summed E-state index contributed by atoms with van der Waals surface area (Å²) in [5, 5.41) is 0. The monoisotopic (exact) mass is 309 g/mol. The number of benzene rings is 2. The Morgan fingerprint density at radius 3 is 2.52 bits per heavy atom. The van der Waals surface area contributed by atoms with E-state index in [1.54, 1.807) is 0 Å². The van der Waals surface area contributed by atoms with Gasteiger partial charge < -0.3 is 14.6 Å². The summed E-state index contributed by atoms with van der Waals surface area (Å²) in [7, 11) is 0. The highest BCUT2D eigenvalue weighted by Crippen LogP contribution is 2.33. The number of rotatable bonds is 6. The maximum absolute atomic E-state index is 5.88. The third kappa shape index (κ3) is 3.02. The molecule has 3 aromatic rings. The average molecular weight is 309 g/mol. The van der Waals surface area contributed by atoms with Crippen LogP contribution >= 0.6 is 0 Å². The van der Waals surface area contributed by atoms with Crippen molar-refractivity contribution in [3.63, 3.8) is 0 Å². The molecule has 0 unspecified atom stereocenters. The van der Waals surface area contributed by atoms with Crippen LogP contribution in [-0.2, 0) is 0 Å². The maximum atomic E-state index is 5.88. The highest BCUT2D eigenvalue weighted by Gasteiger charge is 2.13. The van der Waals surface area contributed by atoms with Gasteiger partial charge in [-0.2, -0.15) is 0 Å². The minimum Gasteiger partial charge on any atom is -0.493 e. The van der Waals surface area contributed by atoms with Crippen LogP contribution < -0.4 is 9.64 Å². The van der Waals surface area contributed by atoms with Crippen LogP contribution in [0.1, 0.15) is 20.8 Å². The quantitative estimate of drug-likeness (QED) is 0.730. The number of aromatic amines is 1. The summed E-state index contributed by atoms with van der Waals surface area (Å²) < 4.78 is 5.88. The molecule has 120 valence electrons. The molecule has 1 aromatic heterocycles. The summed E-state index contributed by atoms with van der Waals surface area (Å²) in [5.41, 5.74) is 4.19. The molecule has 3 rings (SSSR count). The largest absolute Gasteiger partial charge is 0.493 e. The summed E-state index contributed by atoms with van der Waals surface area (Å²) in [6, 6.07) is 14.4. The van der Waals surface area contributed by atoms with Gasteiger partial charge in [0.05, 0.1) is 23.2 Å². The Labute approximate surface area is 137 Å². The van der Waals surface area contributed by atoms with Crippen LogP contribution in [-0.4, -0.2) is 29.7 Å². The number of ether oxygens (including phenoxy) is 1. The van der Waals surface area contributed by atoms with E-state index in [0.717, 1.165) is 41.3 Å². The number of para-hydroxylation sites is 2. The van der Waals surface area contributed by atoms with Crippen LogP contribution in [0.5, 0.6) is 5.75 Å². The molecular weight excluding hydrogens is 286 g/mol. The molecule has 0 saturated heterocycles. The fourth-order valence-corrected chi connectivity index (χ4v) is 2.85. The Hall–Kier alpha value is -2.49. The summed E-state index contributed by atoms with van der Waals surface area (Å²) in [6.07, 6.45) is 0. The minimum absolute atomic E-state index is 0.634. The number of fused-ring (bicyclic) bond motifs is 1. The molecule has 4 heteroatoms. The first kappa shape index (κ1) is 15.4. The smallest absolute Gasteiger partial charge is 0.142 e. The van der Waals surface area contributed by atoms with Gasteiger partial charge in [0.15, 0.2) is 0 Å². The van der Waals surface area contributed by atoms with E-state index >= 15 is 0 Å². The summed E-state index contributed by atoms with van der Waals surface area (Å²) >= 11 is 0. The van der Waals surface area contributed by atoms with Crippen molar-refractivity contribution in [1.29, 1.82) is 0 Å². The van der Waals surface area contributed by atoms with Crippen LogP contribution in [0.4, 0.5) is 5.69 Å². The van der Waals surface area contributed by atoms with E-state index in [9.17, 15) is 0 Å². The van der Waals surface area contributed by atoms with E-state index in [1.165, 1.54) is 5.69 Å². The van der Waals surface area contributed by atoms with Crippen molar-refractivity contribution in [3.05, 3.63) is 42.5 Å². The van der Waals surface area contributed by atoms with Gasteiger partial charge in [-0.3, -0.25) is 0 Å². The number of nitrogens with zero attached hydrogens (tertiary/aromatic N) is 2. The lowest BCUT2D eigenvalue weighted by molar-refractivity contribution is 0.341. The van der Waals surface area contributed by atoms with Gasteiger partial charge in [-0.25, -0.2) is 4.98 Å². The standard InChI is InChI=1S/C19H23N3O/c1-4-22(5-2)14-11-12-15(18(13-14)23-6-3)19-20-16-9-7-8-10-17(16)21-19/h7-13H,4-6H2,1-3H3,(H,20,21). The molecule has 0 aliphatic heterocycles. The zero-order valence-corrected chi connectivity index (χ0v) is 14.0. The summed E-state index contributed by atoms with van der Waals surface area (Å²) in [6.45, 7) is 8.92. The van der Waals surface area contributed by atoms with Crippen molar-refractivity contribution >= 4 is 16.7 Å². The summed E-state index contributed by atoms with van der Waals surface area (Å²) in [5.74, 6) is 1.72. The molecule has 0 spiro atoms. The third-order valence-corrected chi connectivity index (χ3v) is 4.04. The third-order valence-electron chi connectivity index (χ3n) is 4.04. The number of hydrogen-bond acceptors (Lipinski definition) is 3. The molecule has 0 aliphatic carbocycles. The molecule has 0 bridgehead atoms. The second-order valence-corrected chi connectivity index (χ2v) is 5.39. The number of anilines is 1. The molecule has 4 nitrogen and oxygen atoms in total. The molecule has 0 atom stereocenters. The second kappa shape index (κ2) is 6.73. The van der Waals surface area contributed by atoms with Crippen molar-refractivity contribution in [2.45, 2.75) is 20.8 Å². The SMILES string of the molecule is CCOc1cc(N(CC)CC)ccc1-c1nc2ccccc2[nH]1. The van der Waals surface area contributed by atoms with Crippen LogP contribution in [0.3, 0.4) is 0 Å². The fourth-order valence-electron chi connectivity index (χ4n) is 2.85. The van der Waals surface area contributed by atoms with Gasteiger partial charge in [0.1, 0.15) is 11.6 Å². The Balaban J connectivity index is 2.06. The Morgan fingerprint density at radius 2 is 1.83 bits per heavy atom.